The van der Waals surface area contributed by atoms with Crippen molar-refractivity contribution in [3.63, 3.8) is 0 Å². The molecule has 2 aliphatic rings. The third-order valence-corrected chi connectivity index (χ3v) is 5.21. The zero-order valence-corrected chi connectivity index (χ0v) is 15.4. The molecule has 2 atom stereocenters. The van der Waals surface area contributed by atoms with E-state index in [1.165, 1.54) is 6.20 Å². The Bertz CT molecular complexity index is 907. The lowest BCUT2D eigenvalue weighted by molar-refractivity contribution is -0.119. The average Bonchev–Trinajstić information content (AvgIpc) is 3.44. The fourth-order valence-corrected chi connectivity index (χ4v) is 3.58. The van der Waals surface area contributed by atoms with E-state index in [9.17, 15) is 10.1 Å². The number of nitrogens with zero attached hydrogens (tertiary/aromatic N) is 3. The molecule has 0 radical (unpaired) electrons. The Balaban J connectivity index is 1.45. The molecule has 6 nitrogen and oxygen atoms in total. The van der Waals surface area contributed by atoms with Gasteiger partial charge in [-0.15, -0.1) is 0 Å². The lowest BCUT2D eigenvalue weighted by atomic mass is 9.95. The summed E-state index contributed by atoms with van der Waals surface area (Å²) >= 11 is 6.06. The van der Waals surface area contributed by atoms with E-state index in [2.05, 4.69) is 21.4 Å². The first kappa shape index (κ1) is 17.7. The predicted octanol–water partition coefficient (Wildman–Crippen LogP) is 3.01. The van der Waals surface area contributed by atoms with Crippen LogP contribution in [0.5, 0.6) is 5.88 Å². The van der Waals surface area contributed by atoms with Crippen LogP contribution in [0.1, 0.15) is 42.1 Å². The minimum atomic E-state index is -0.0359. The van der Waals surface area contributed by atoms with Crippen LogP contribution < -0.4 is 10.1 Å². The van der Waals surface area contributed by atoms with Crippen molar-refractivity contribution in [3.8, 4) is 11.9 Å². The molecule has 1 aromatic heterocycles. The monoisotopic (exact) mass is 382 g/mol. The summed E-state index contributed by atoms with van der Waals surface area (Å²) < 4.78 is 5.88. The second kappa shape index (κ2) is 7.53. The summed E-state index contributed by atoms with van der Waals surface area (Å²) in [7, 11) is 0. The van der Waals surface area contributed by atoms with E-state index in [4.69, 9.17) is 16.3 Å². The Labute approximate surface area is 162 Å². The van der Waals surface area contributed by atoms with Gasteiger partial charge in [-0.05, 0) is 37.0 Å². The summed E-state index contributed by atoms with van der Waals surface area (Å²) in [5.74, 6) is 1.45. The summed E-state index contributed by atoms with van der Waals surface area (Å²) in [6.45, 7) is 0.319. The van der Waals surface area contributed by atoms with Crippen LogP contribution >= 0.6 is 11.6 Å². The quantitative estimate of drug-likeness (QED) is 0.829. The van der Waals surface area contributed by atoms with Gasteiger partial charge in [-0.1, -0.05) is 23.7 Å². The number of aromatic nitrogens is 2. The summed E-state index contributed by atoms with van der Waals surface area (Å²) in [5.41, 5.74) is 1.39. The highest BCUT2D eigenvalue weighted by Crippen LogP contribution is 2.38. The fourth-order valence-electron chi connectivity index (χ4n) is 3.36. The minimum absolute atomic E-state index is 0.00219. The molecular formula is C20H19ClN4O2. The van der Waals surface area contributed by atoms with Crippen LogP contribution in [0, 0.1) is 17.2 Å². The van der Waals surface area contributed by atoms with Gasteiger partial charge in [-0.3, -0.25) is 4.79 Å². The molecule has 1 N–H and O–H groups in total. The van der Waals surface area contributed by atoms with Crippen molar-refractivity contribution >= 4 is 17.5 Å². The summed E-state index contributed by atoms with van der Waals surface area (Å²) in [5, 5.41) is 13.0. The van der Waals surface area contributed by atoms with Gasteiger partial charge in [0.2, 0.25) is 11.8 Å². The summed E-state index contributed by atoms with van der Waals surface area (Å²) in [6, 6.07) is 9.67. The van der Waals surface area contributed by atoms with E-state index in [-0.39, 0.29) is 17.9 Å². The maximum Gasteiger partial charge on any atom is 0.235 e. The van der Waals surface area contributed by atoms with Crippen LogP contribution in [0.4, 0.5) is 0 Å². The van der Waals surface area contributed by atoms with Gasteiger partial charge in [-0.25, -0.2) is 4.98 Å². The normalized spacial score (nSPS) is 21.6. The smallest absolute Gasteiger partial charge is 0.235 e. The lowest BCUT2D eigenvalue weighted by Gasteiger charge is -2.19. The fraction of sp³-hybridized carbons (Fsp3) is 0.400. The molecule has 2 fully saturated rings. The number of ether oxygens (including phenoxy) is 1. The first-order valence-corrected chi connectivity index (χ1v) is 9.44. The van der Waals surface area contributed by atoms with E-state index in [1.54, 1.807) is 0 Å². The molecule has 0 spiro atoms. The van der Waals surface area contributed by atoms with E-state index in [0.717, 1.165) is 24.2 Å². The Morgan fingerprint density at radius 1 is 1.37 bits per heavy atom. The minimum Gasteiger partial charge on any atom is -0.476 e. The van der Waals surface area contributed by atoms with Crippen molar-refractivity contribution in [3.05, 3.63) is 52.4 Å². The number of benzene rings is 1. The maximum absolute atomic E-state index is 11.9. The van der Waals surface area contributed by atoms with Crippen molar-refractivity contribution in [2.45, 2.75) is 37.6 Å². The Hall–Kier alpha value is -2.65. The molecule has 4 rings (SSSR count). The molecule has 1 aliphatic heterocycles. The topological polar surface area (TPSA) is 87.9 Å². The van der Waals surface area contributed by atoms with Crippen molar-refractivity contribution < 1.29 is 9.53 Å². The van der Waals surface area contributed by atoms with Crippen molar-refractivity contribution in [2.75, 3.05) is 6.61 Å². The molecule has 2 heterocycles. The van der Waals surface area contributed by atoms with E-state index < -0.39 is 0 Å². The number of nitriles is 1. The molecule has 2 unspecified atom stereocenters. The van der Waals surface area contributed by atoms with E-state index in [1.807, 2.05) is 24.3 Å². The van der Waals surface area contributed by atoms with Gasteiger partial charge < -0.3 is 10.1 Å². The molecule has 1 aliphatic carbocycles. The number of nitrogens with one attached hydrogen (secondary N) is 1. The van der Waals surface area contributed by atoms with Crippen LogP contribution in [-0.4, -0.2) is 28.5 Å². The molecule has 7 heteroatoms. The zero-order chi connectivity index (χ0) is 18.8. The average molecular weight is 383 g/mol. The second-order valence-corrected chi connectivity index (χ2v) is 7.55. The largest absolute Gasteiger partial charge is 0.476 e. The van der Waals surface area contributed by atoms with Crippen LogP contribution in [0.2, 0.25) is 5.02 Å². The first-order chi connectivity index (χ1) is 13.1. The van der Waals surface area contributed by atoms with Gasteiger partial charge >= 0.3 is 0 Å². The van der Waals surface area contributed by atoms with Gasteiger partial charge in [-0.2, -0.15) is 10.2 Å². The van der Waals surface area contributed by atoms with Gasteiger partial charge in [0.15, 0.2) is 0 Å². The van der Waals surface area contributed by atoms with Crippen LogP contribution in [0.3, 0.4) is 0 Å². The third-order valence-electron chi connectivity index (χ3n) is 4.98. The number of halogens is 1. The Kier molecular flexibility index (Phi) is 4.95. The molecule has 27 heavy (non-hydrogen) atoms. The molecule has 0 bridgehead atoms. The van der Waals surface area contributed by atoms with Gasteiger partial charge in [0.25, 0.3) is 0 Å². The Morgan fingerprint density at radius 2 is 2.22 bits per heavy atom. The molecule has 138 valence electrons. The van der Waals surface area contributed by atoms with Crippen LogP contribution in [0.25, 0.3) is 0 Å². The third kappa shape index (κ3) is 4.20. The SMILES string of the molecule is N#Cc1cnc(C2CC2)nc1OCC1CC(=O)NC1Cc1cccc(Cl)c1. The molecular weight excluding hydrogens is 364 g/mol. The Morgan fingerprint density at radius 3 is 2.96 bits per heavy atom. The van der Waals surface area contributed by atoms with Crippen LogP contribution in [-0.2, 0) is 11.2 Å². The summed E-state index contributed by atoms with van der Waals surface area (Å²) in [6.07, 6.45) is 4.76. The molecule has 1 aromatic carbocycles. The number of rotatable bonds is 6. The number of amides is 1. The van der Waals surface area contributed by atoms with Gasteiger partial charge in [0.05, 0.1) is 12.8 Å². The molecule has 1 amide bonds. The highest BCUT2D eigenvalue weighted by atomic mass is 35.5. The van der Waals surface area contributed by atoms with Crippen molar-refractivity contribution in [1.29, 1.82) is 5.26 Å². The number of carbonyl (C=O) groups is 1. The number of hydrogen-bond acceptors (Lipinski definition) is 5. The first-order valence-electron chi connectivity index (χ1n) is 9.06. The lowest BCUT2D eigenvalue weighted by Crippen LogP contribution is -2.33. The zero-order valence-electron chi connectivity index (χ0n) is 14.7. The maximum atomic E-state index is 11.9. The standard InChI is InChI=1S/C20H19ClN4O2/c21-16-3-1-2-12(6-16)7-17-14(8-18(26)24-17)11-27-20-15(9-22)10-23-19(25-20)13-4-5-13/h1-3,6,10,13-14,17H,4-5,7-8,11H2,(H,24,26). The van der Waals surface area contributed by atoms with Crippen molar-refractivity contribution in [2.24, 2.45) is 5.92 Å². The van der Waals surface area contributed by atoms with Crippen molar-refractivity contribution in [1.82, 2.24) is 15.3 Å². The molecule has 1 saturated heterocycles. The molecule has 2 aromatic rings. The van der Waals surface area contributed by atoms with E-state index in [0.29, 0.717) is 41.8 Å². The highest BCUT2D eigenvalue weighted by Gasteiger charge is 2.33. The second-order valence-electron chi connectivity index (χ2n) is 7.12. The highest BCUT2D eigenvalue weighted by molar-refractivity contribution is 6.30. The summed E-state index contributed by atoms with van der Waals surface area (Å²) in [4.78, 5) is 20.6. The van der Waals surface area contributed by atoms with Crippen LogP contribution in [0.15, 0.2) is 30.5 Å². The van der Waals surface area contributed by atoms with E-state index >= 15 is 0 Å². The van der Waals surface area contributed by atoms with Gasteiger partial charge in [0, 0.05) is 29.3 Å². The van der Waals surface area contributed by atoms with Gasteiger partial charge in [0.1, 0.15) is 17.5 Å². The molecule has 1 saturated carbocycles. The number of carbonyl (C=O) groups excluding carboxylic acids is 1. The number of hydrogen-bond donors (Lipinski definition) is 1. The predicted molar refractivity (Wildman–Crippen MR) is 99.4 cm³/mol.